The SMILES string of the molecule is COc1cccc(-c2cc(C(=O)NC3CCCCNC3=O)n3nc(C(C)(C)C)cc3n2)c1. The fourth-order valence-electron chi connectivity index (χ4n) is 3.74. The molecule has 1 fully saturated rings. The summed E-state index contributed by atoms with van der Waals surface area (Å²) in [6.45, 7) is 6.83. The second kappa shape index (κ2) is 8.61. The number of fused-ring (bicyclic) bond motifs is 1. The van der Waals surface area contributed by atoms with Crippen LogP contribution >= 0.6 is 0 Å². The number of aromatic nitrogens is 3. The zero-order valence-corrected chi connectivity index (χ0v) is 18.9. The van der Waals surface area contributed by atoms with E-state index in [2.05, 4.69) is 36.5 Å². The highest BCUT2D eigenvalue weighted by Crippen LogP contribution is 2.27. The van der Waals surface area contributed by atoms with Crippen molar-refractivity contribution >= 4 is 17.5 Å². The van der Waals surface area contributed by atoms with Crippen molar-refractivity contribution in [1.29, 1.82) is 0 Å². The minimum Gasteiger partial charge on any atom is -0.497 e. The van der Waals surface area contributed by atoms with Crippen LogP contribution in [0, 0.1) is 0 Å². The molecule has 4 rings (SSSR count). The van der Waals surface area contributed by atoms with Crippen LogP contribution in [-0.2, 0) is 10.2 Å². The fraction of sp³-hybridized carbons (Fsp3) is 0.417. The number of rotatable bonds is 4. The molecule has 1 aliphatic rings. The number of hydrogen-bond donors (Lipinski definition) is 2. The number of carbonyl (C=O) groups excluding carboxylic acids is 2. The monoisotopic (exact) mass is 435 g/mol. The summed E-state index contributed by atoms with van der Waals surface area (Å²) in [4.78, 5) is 30.5. The zero-order chi connectivity index (χ0) is 22.9. The van der Waals surface area contributed by atoms with Gasteiger partial charge < -0.3 is 15.4 Å². The van der Waals surface area contributed by atoms with Gasteiger partial charge in [-0.2, -0.15) is 5.10 Å². The highest BCUT2D eigenvalue weighted by molar-refractivity contribution is 5.97. The van der Waals surface area contributed by atoms with Gasteiger partial charge in [-0.15, -0.1) is 0 Å². The van der Waals surface area contributed by atoms with E-state index in [1.54, 1.807) is 17.7 Å². The van der Waals surface area contributed by atoms with Crippen molar-refractivity contribution in [3.63, 3.8) is 0 Å². The topological polar surface area (TPSA) is 97.6 Å². The molecule has 8 heteroatoms. The van der Waals surface area contributed by atoms with Gasteiger partial charge in [0.2, 0.25) is 5.91 Å². The lowest BCUT2D eigenvalue weighted by molar-refractivity contribution is -0.122. The summed E-state index contributed by atoms with van der Waals surface area (Å²) in [5, 5.41) is 10.4. The van der Waals surface area contributed by atoms with Gasteiger partial charge in [-0.1, -0.05) is 32.9 Å². The Kier molecular flexibility index (Phi) is 5.86. The number of nitrogens with zero attached hydrogens (tertiary/aromatic N) is 3. The number of amides is 2. The van der Waals surface area contributed by atoms with E-state index in [0.717, 1.165) is 24.1 Å². The highest BCUT2D eigenvalue weighted by Gasteiger charge is 2.26. The van der Waals surface area contributed by atoms with Crippen LogP contribution in [0.4, 0.5) is 0 Å². The van der Waals surface area contributed by atoms with Crippen LogP contribution in [0.25, 0.3) is 16.9 Å². The molecule has 3 heterocycles. The van der Waals surface area contributed by atoms with Crippen molar-refractivity contribution in [2.45, 2.75) is 51.5 Å². The van der Waals surface area contributed by atoms with Crippen molar-refractivity contribution in [3.8, 4) is 17.0 Å². The summed E-state index contributed by atoms with van der Waals surface area (Å²) in [5.41, 5.74) is 2.98. The molecule has 32 heavy (non-hydrogen) atoms. The van der Waals surface area contributed by atoms with Crippen LogP contribution in [0.2, 0.25) is 0 Å². The summed E-state index contributed by atoms with van der Waals surface area (Å²) in [7, 11) is 1.61. The van der Waals surface area contributed by atoms with Crippen molar-refractivity contribution in [1.82, 2.24) is 25.2 Å². The molecule has 1 unspecified atom stereocenters. The Morgan fingerprint density at radius 2 is 2.03 bits per heavy atom. The van der Waals surface area contributed by atoms with Crippen LogP contribution in [0.3, 0.4) is 0 Å². The minimum atomic E-state index is -0.564. The molecule has 1 atom stereocenters. The Labute approximate surface area is 187 Å². The van der Waals surface area contributed by atoms with Gasteiger partial charge >= 0.3 is 0 Å². The normalized spacial score (nSPS) is 17.0. The number of carbonyl (C=O) groups is 2. The number of hydrogen-bond acceptors (Lipinski definition) is 5. The van der Waals surface area contributed by atoms with Gasteiger partial charge in [0.25, 0.3) is 5.91 Å². The Bertz CT molecular complexity index is 1160. The predicted octanol–water partition coefficient (Wildman–Crippen LogP) is 3.10. The molecule has 8 nitrogen and oxygen atoms in total. The first-order chi connectivity index (χ1) is 15.3. The average Bonchev–Trinajstić information content (AvgIpc) is 3.12. The summed E-state index contributed by atoms with van der Waals surface area (Å²) in [6.07, 6.45) is 2.40. The van der Waals surface area contributed by atoms with E-state index in [4.69, 9.17) is 9.72 Å². The Morgan fingerprint density at radius 3 is 2.78 bits per heavy atom. The number of methoxy groups -OCH3 is 1. The maximum Gasteiger partial charge on any atom is 0.270 e. The van der Waals surface area contributed by atoms with Crippen LogP contribution in [0.5, 0.6) is 5.75 Å². The average molecular weight is 436 g/mol. The van der Waals surface area contributed by atoms with Gasteiger partial charge in [0.1, 0.15) is 17.5 Å². The van der Waals surface area contributed by atoms with Crippen molar-refractivity contribution < 1.29 is 14.3 Å². The molecule has 0 aliphatic carbocycles. The van der Waals surface area contributed by atoms with Gasteiger partial charge in [-0.05, 0) is 37.5 Å². The first kappa shape index (κ1) is 21.8. The summed E-state index contributed by atoms with van der Waals surface area (Å²) in [6, 6.07) is 10.6. The van der Waals surface area contributed by atoms with E-state index in [1.807, 2.05) is 30.3 Å². The fourth-order valence-corrected chi connectivity index (χ4v) is 3.74. The largest absolute Gasteiger partial charge is 0.497 e. The third-order valence-electron chi connectivity index (χ3n) is 5.63. The first-order valence-electron chi connectivity index (χ1n) is 10.9. The quantitative estimate of drug-likeness (QED) is 0.656. The van der Waals surface area contributed by atoms with Crippen LogP contribution in [0.15, 0.2) is 36.4 Å². The Balaban J connectivity index is 1.80. The van der Waals surface area contributed by atoms with Gasteiger partial charge in [0.05, 0.1) is 18.5 Å². The third-order valence-corrected chi connectivity index (χ3v) is 5.63. The van der Waals surface area contributed by atoms with Gasteiger partial charge in [0.15, 0.2) is 5.65 Å². The van der Waals surface area contributed by atoms with Crippen molar-refractivity contribution in [2.24, 2.45) is 0 Å². The maximum atomic E-state index is 13.3. The van der Waals surface area contributed by atoms with Gasteiger partial charge in [-0.3, -0.25) is 9.59 Å². The molecule has 2 N–H and O–H groups in total. The Hall–Kier alpha value is -3.42. The third kappa shape index (κ3) is 4.44. The molecule has 2 amide bonds. The summed E-state index contributed by atoms with van der Waals surface area (Å²) >= 11 is 0. The summed E-state index contributed by atoms with van der Waals surface area (Å²) in [5.74, 6) is 0.200. The molecular formula is C24H29N5O3. The van der Waals surface area contributed by atoms with Crippen molar-refractivity contribution in [2.75, 3.05) is 13.7 Å². The molecule has 0 spiro atoms. The van der Waals surface area contributed by atoms with E-state index in [-0.39, 0.29) is 17.2 Å². The zero-order valence-electron chi connectivity index (χ0n) is 18.9. The second-order valence-electron chi connectivity index (χ2n) is 9.12. The van der Waals surface area contributed by atoms with Crippen LogP contribution in [0.1, 0.15) is 56.2 Å². The second-order valence-corrected chi connectivity index (χ2v) is 9.12. The number of nitrogens with one attached hydrogen (secondary N) is 2. The molecular weight excluding hydrogens is 406 g/mol. The lowest BCUT2D eigenvalue weighted by Crippen LogP contribution is -2.45. The predicted molar refractivity (Wildman–Crippen MR) is 122 cm³/mol. The maximum absolute atomic E-state index is 13.3. The molecule has 3 aromatic rings. The van der Waals surface area contributed by atoms with Gasteiger partial charge in [0, 0.05) is 23.6 Å². The first-order valence-corrected chi connectivity index (χ1v) is 10.9. The number of benzene rings is 1. The number of ether oxygens (including phenoxy) is 1. The lowest BCUT2D eigenvalue weighted by atomic mass is 9.93. The molecule has 0 saturated carbocycles. The van der Waals surface area contributed by atoms with Gasteiger partial charge in [-0.25, -0.2) is 9.50 Å². The standard InChI is InChI=1S/C24H29N5O3/c1-24(2,3)20-14-21-26-18(15-8-7-9-16(12-15)32-4)13-19(29(21)28-20)23(31)27-17-10-5-6-11-25-22(17)30/h7-9,12-14,17H,5-6,10-11H2,1-4H3,(H,25,30)(H,27,31). The summed E-state index contributed by atoms with van der Waals surface area (Å²) < 4.78 is 6.91. The molecule has 0 bridgehead atoms. The Morgan fingerprint density at radius 1 is 1.22 bits per heavy atom. The lowest BCUT2D eigenvalue weighted by Gasteiger charge is -2.16. The van der Waals surface area contributed by atoms with E-state index in [1.165, 1.54) is 0 Å². The smallest absolute Gasteiger partial charge is 0.270 e. The molecule has 168 valence electrons. The molecule has 1 aromatic carbocycles. The van der Waals surface area contributed by atoms with E-state index < -0.39 is 6.04 Å². The molecule has 1 saturated heterocycles. The highest BCUT2D eigenvalue weighted by atomic mass is 16.5. The minimum absolute atomic E-state index is 0.148. The van der Waals surface area contributed by atoms with E-state index in [0.29, 0.717) is 35.8 Å². The van der Waals surface area contributed by atoms with E-state index >= 15 is 0 Å². The molecule has 2 aromatic heterocycles. The van der Waals surface area contributed by atoms with Crippen LogP contribution < -0.4 is 15.4 Å². The van der Waals surface area contributed by atoms with E-state index in [9.17, 15) is 9.59 Å². The molecule has 0 radical (unpaired) electrons. The molecule has 1 aliphatic heterocycles. The van der Waals surface area contributed by atoms with Crippen molar-refractivity contribution in [3.05, 3.63) is 47.8 Å². The van der Waals surface area contributed by atoms with Crippen LogP contribution in [-0.4, -0.2) is 46.1 Å².